The van der Waals surface area contributed by atoms with Crippen LogP contribution < -0.4 is 0 Å². The summed E-state index contributed by atoms with van der Waals surface area (Å²) in [4.78, 5) is 0. The molecule has 0 aromatic rings. The predicted octanol–water partition coefficient (Wildman–Crippen LogP) is -1.52. The SMILES string of the molecule is O=S(O)CCCCS(=O)(=O)S(=O)(=O)CCS(=O)(=O)S(=O)(=O)CCCCS(=O)O. The molecule has 0 bridgehead atoms. The van der Waals surface area contributed by atoms with Crippen LogP contribution >= 0.6 is 0 Å². The highest BCUT2D eigenvalue weighted by atomic mass is 33.2. The van der Waals surface area contributed by atoms with E-state index in [9.17, 15) is 42.1 Å². The van der Waals surface area contributed by atoms with Crippen LogP contribution in [0.5, 0.6) is 0 Å². The molecule has 2 unspecified atom stereocenters. The second-order valence-corrected chi connectivity index (χ2v) is 19.8. The van der Waals surface area contributed by atoms with E-state index in [-0.39, 0.29) is 37.2 Å². The maximum atomic E-state index is 11.9. The summed E-state index contributed by atoms with van der Waals surface area (Å²) in [6.45, 7) is 0. The van der Waals surface area contributed by atoms with E-state index in [1.807, 2.05) is 0 Å². The first kappa shape index (κ1) is 28.0. The molecular formula is C10H22O12S6. The Labute approximate surface area is 168 Å². The summed E-state index contributed by atoms with van der Waals surface area (Å²) in [6, 6.07) is 0. The molecule has 0 radical (unpaired) electrons. The van der Waals surface area contributed by atoms with Crippen LogP contribution in [0.4, 0.5) is 0 Å². The lowest BCUT2D eigenvalue weighted by atomic mass is 10.4. The van der Waals surface area contributed by atoms with Crippen LogP contribution in [0.25, 0.3) is 0 Å². The van der Waals surface area contributed by atoms with Gasteiger partial charge in [0.05, 0.1) is 23.0 Å². The normalized spacial score (nSPS) is 15.9. The molecule has 0 aromatic carbocycles. The first-order chi connectivity index (χ1) is 12.5. The van der Waals surface area contributed by atoms with Gasteiger partial charge >= 0.3 is 0 Å². The van der Waals surface area contributed by atoms with Gasteiger partial charge in [0.25, 0.3) is 35.5 Å². The minimum atomic E-state index is -4.97. The first-order valence-electron chi connectivity index (χ1n) is 7.60. The van der Waals surface area contributed by atoms with Crippen LogP contribution in [0, 0.1) is 0 Å². The highest BCUT2D eigenvalue weighted by Gasteiger charge is 2.35. The van der Waals surface area contributed by atoms with Crippen molar-refractivity contribution < 1.29 is 51.2 Å². The summed E-state index contributed by atoms with van der Waals surface area (Å²) >= 11 is -4.34. The van der Waals surface area contributed by atoms with Crippen LogP contribution in [-0.2, 0) is 57.6 Å². The van der Waals surface area contributed by atoms with Gasteiger partial charge in [-0.2, -0.15) is 0 Å². The molecule has 0 saturated heterocycles. The standard InChI is InChI=1S/C10H22O12S6/c11-23(12)5-1-3-7-25(15,16)27(19,20)9-10-28(21,22)26(17,18)8-4-2-6-24(13)14/h1-10H2,(H,11,12)(H,13,14). The maximum absolute atomic E-state index is 11.9. The molecule has 12 nitrogen and oxygen atoms in total. The second kappa shape index (κ2) is 11.4. The Morgan fingerprint density at radius 1 is 0.464 bits per heavy atom. The quantitative estimate of drug-likeness (QED) is 0.141. The zero-order chi connectivity index (χ0) is 22.2. The largest absolute Gasteiger partial charge is 0.306 e. The van der Waals surface area contributed by atoms with Crippen LogP contribution in [-0.4, -0.2) is 85.7 Å². The maximum Gasteiger partial charge on any atom is 0.254 e. The monoisotopic (exact) mass is 526 g/mol. The number of hydrogen-bond donors (Lipinski definition) is 2. The van der Waals surface area contributed by atoms with E-state index in [0.717, 1.165) is 0 Å². The van der Waals surface area contributed by atoms with Gasteiger partial charge in [0, 0.05) is 11.5 Å². The van der Waals surface area contributed by atoms with Gasteiger partial charge < -0.3 is 9.11 Å². The van der Waals surface area contributed by atoms with Crippen molar-refractivity contribution >= 4 is 57.6 Å². The molecule has 0 aliphatic heterocycles. The fourth-order valence-corrected chi connectivity index (χ4v) is 11.4. The average molecular weight is 527 g/mol. The van der Waals surface area contributed by atoms with Crippen LogP contribution in [0.2, 0.25) is 0 Å². The molecule has 0 heterocycles. The minimum Gasteiger partial charge on any atom is -0.306 e. The summed E-state index contributed by atoms with van der Waals surface area (Å²) in [5.41, 5.74) is 0. The third kappa shape index (κ3) is 9.68. The molecule has 0 aliphatic rings. The van der Waals surface area contributed by atoms with Gasteiger partial charge in [0.1, 0.15) is 0 Å². The Hall–Kier alpha value is 0.0200. The van der Waals surface area contributed by atoms with Gasteiger partial charge in [0.2, 0.25) is 0 Å². The Morgan fingerprint density at radius 2 is 0.714 bits per heavy atom. The van der Waals surface area contributed by atoms with Gasteiger partial charge in [-0.25, -0.2) is 42.1 Å². The molecule has 0 aliphatic carbocycles. The van der Waals surface area contributed by atoms with E-state index in [1.54, 1.807) is 0 Å². The van der Waals surface area contributed by atoms with Crippen molar-refractivity contribution in [3.05, 3.63) is 0 Å². The lowest BCUT2D eigenvalue weighted by Crippen LogP contribution is -2.30. The summed E-state index contributed by atoms with van der Waals surface area (Å²) in [5.74, 6) is -5.18. The Bertz CT molecular complexity index is 891. The van der Waals surface area contributed by atoms with Gasteiger partial charge in [-0.05, 0) is 25.7 Å². The van der Waals surface area contributed by atoms with Crippen LogP contribution in [0.3, 0.4) is 0 Å². The molecule has 0 rings (SSSR count). The van der Waals surface area contributed by atoms with Gasteiger partial charge in [0.15, 0.2) is 22.2 Å². The fraction of sp³-hybridized carbons (Fsp3) is 1.00. The zero-order valence-electron chi connectivity index (χ0n) is 14.5. The third-order valence-corrected chi connectivity index (χ3v) is 16.0. The van der Waals surface area contributed by atoms with Crippen molar-refractivity contribution in [1.29, 1.82) is 0 Å². The van der Waals surface area contributed by atoms with Gasteiger partial charge in [-0.3, -0.25) is 0 Å². The average Bonchev–Trinajstić information content (AvgIpc) is 2.53. The number of rotatable bonds is 15. The van der Waals surface area contributed by atoms with E-state index >= 15 is 0 Å². The first-order valence-corrected chi connectivity index (χ1v) is 17.8. The number of hydrogen-bond acceptors (Lipinski definition) is 10. The van der Waals surface area contributed by atoms with Crippen molar-refractivity contribution in [3.63, 3.8) is 0 Å². The summed E-state index contributed by atoms with van der Waals surface area (Å²) < 4.78 is 133. The molecule has 0 fully saturated rings. The highest BCUT2D eigenvalue weighted by Crippen LogP contribution is 2.13. The lowest BCUT2D eigenvalue weighted by molar-refractivity contribution is 0.558. The molecular weight excluding hydrogens is 505 g/mol. The van der Waals surface area contributed by atoms with Crippen LogP contribution in [0.15, 0.2) is 0 Å². The predicted molar refractivity (Wildman–Crippen MR) is 105 cm³/mol. The van der Waals surface area contributed by atoms with E-state index in [4.69, 9.17) is 9.11 Å². The Balaban J connectivity index is 4.92. The topological polar surface area (TPSA) is 211 Å². The summed E-state index contributed by atoms with van der Waals surface area (Å²) in [5, 5.41) is 0. The molecule has 0 aromatic heterocycles. The molecule has 0 amide bonds. The molecule has 18 heteroatoms. The Kier molecular flexibility index (Phi) is 11.4. The van der Waals surface area contributed by atoms with Crippen LogP contribution in [0.1, 0.15) is 25.7 Å². The molecule has 0 saturated carbocycles. The molecule has 2 N–H and O–H groups in total. The third-order valence-electron chi connectivity index (χ3n) is 3.28. The van der Waals surface area contributed by atoms with E-state index in [1.165, 1.54) is 0 Å². The van der Waals surface area contributed by atoms with Gasteiger partial charge in [-0.1, -0.05) is 0 Å². The fourth-order valence-electron chi connectivity index (χ4n) is 1.72. The Morgan fingerprint density at radius 3 is 0.964 bits per heavy atom. The second-order valence-electron chi connectivity index (χ2n) is 5.51. The van der Waals surface area contributed by atoms with Crippen molar-refractivity contribution in [3.8, 4) is 0 Å². The van der Waals surface area contributed by atoms with Crippen molar-refractivity contribution in [2.45, 2.75) is 25.7 Å². The highest BCUT2D eigenvalue weighted by molar-refractivity contribution is 8.68. The number of unbranched alkanes of at least 4 members (excludes halogenated alkanes) is 2. The van der Waals surface area contributed by atoms with Crippen molar-refractivity contribution in [1.82, 2.24) is 0 Å². The minimum absolute atomic E-state index is 0.0524. The van der Waals surface area contributed by atoms with Crippen molar-refractivity contribution in [2.24, 2.45) is 0 Å². The van der Waals surface area contributed by atoms with E-state index in [0.29, 0.717) is 0 Å². The molecule has 170 valence electrons. The lowest BCUT2D eigenvalue weighted by Gasteiger charge is -2.08. The molecule has 2 atom stereocenters. The summed E-state index contributed by atoms with van der Waals surface area (Å²) in [6.07, 6.45) is -0.595. The van der Waals surface area contributed by atoms with E-state index < -0.39 is 80.6 Å². The summed E-state index contributed by atoms with van der Waals surface area (Å²) in [7, 11) is -19.5. The zero-order valence-corrected chi connectivity index (χ0v) is 19.4. The molecule has 0 spiro atoms. The van der Waals surface area contributed by atoms with Gasteiger partial charge in [-0.15, -0.1) is 0 Å². The smallest absolute Gasteiger partial charge is 0.254 e. The van der Waals surface area contributed by atoms with E-state index in [2.05, 4.69) is 0 Å². The molecule has 28 heavy (non-hydrogen) atoms. The van der Waals surface area contributed by atoms with Crippen molar-refractivity contribution in [2.75, 3.05) is 34.5 Å².